The molecule has 0 aliphatic heterocycles. The minimum atomic E-state index is -0.323. The molecular weight excluding hydrogens is 242 g/mol. The summed E-state index contributed by atoms with van der Waals surface area (Å²) >= 11 is 5.77. The maximum absolute atomic E-state index is 11.8. The van der Waals surface area contributed by atoms with Crippen LogP contribution >= 0.6 is 11.6 Å². The summed E-state index contributed by atoms with van der Waals surface area (Å²) in [5, 5.41) is 9.28. The first kappa shape index (κ1) is 11.5. The number of aromatic amines is 1. The first-order valence-electron chi connectivity index (χ1n) is 4.89. The smallest absolute Gasteiger partial charge is 0.258 e. The third-order valence-electron chi connectivity index (χ3n) is 2.01. The molecule has 2 heterocycles. The van der Waals surface area contributed by atoms with Gasteiger partial charge in [0.15, 0.2) is 0 Å². The second kappa shape index (κ2) is 4.50. The lowest BCUT2D eigenvalue weighted by molar-refractivity contribution is 0.102. The molecule has 0 aromatic carbocycles. The number of nitrogens with zero attached hydrogens (tertiary/aromatic N) is 3. The van der Waals surface area contributed by atoms with Gasteiger partial charge in [-0.2, -0.15) is 4.98 Å². The van der Waals surface area contributed by atoms with E-state index in [0.29, 0.717) is 17.1 Å². The molecule has 7 heteroatoms. The monoisotopic (exact) mass is 251 g/mol. The summed E-state index contributed by atoms with van der Waals surface area (Å²) in [6.07, 6.45) is 0. The van der Waals surface area contributed by atoms with E-state index in [4.69, 9.17) is 11.6 Å². The van der Waals surface area contributed by atoms with Crippen LogP contribution in [0.15, 0.2) is 12.1 Å². The predicted octanol–water partition coefficient (Wildman–Crippen LogP) is 1.72. The van der Waals surface area contributed by atoms with Gasteiger partial charge in [0.2, 0.25) is 5.95 Å². The Morgan fingerprint density at radius 1 is 1.35 bits per heavy atom. The summed E-state index contributed by atoms with van der Waals surface area (Å²) < 4.78 is 0. The number of nitrogens with one attached hydrogen (secondary N) is 2. The summed E-state index contributed by atoms with van der Waals surface area (Å²) in [7, 11) is 0. The van der Waals surface area contributed by atoms with Crippen molar-refractivity contribution in [3.8, 4) is 0 Å². The number of carbonyl (C=O) groups is 1. The Morgan fingerprint density at radius 2 is 2.12 bits per heavy atom. The maximum atomic E-state index is 11.8. The van der Waals surface area contributed by atoms with E-state index in [1.54, 1.807) is 19.9 Å². The number of H-pyrrole nitrogens is 1. The topological polar surface area (TPSA) is 83.6 Å². The van der Waals surface area contributed by atoms with Gasteiger partial charge in [-0.15, -0.1) is 5.10 Å². The molecule has 2 N–H and O–H groups in total. The van der Waals surface area contributed by atoms with E-state index in [1.807, 2.05) is 0 Å². The van der Waals surface area contributed by atoms with Gasteiger partial charge in [-0.3, -0.25) is 15.2 Å². The van der Waals surface area contributed by atoms with E-state index in [9.17, 15) is 4.79 Å². The Labute approximate surface area is 102 Å². The van der Waals surface area contributed by atoms with Crippen molar-refractivity contribution in [1.82, 2.24) is 20.2 Å². The summed E-state index contributed by atoms with van der Waals surface area (Å²) in [4.78, 5) is 19.8. The first-order chi connectivity index (χ1) is 8.04. The lowest BCUT2D eigenvalue weighted by Gasteiger charge is -2.02. The van der Waals surface area contributed by atoms with E-state index in [-0.39, 0.29) is 17.0 Å². The van der Waals surface area contributed by atoms with Crippen LogP contribution in [0.25, 0.3) is 0 Å². The first-order valence-corrected chi connectivity index (χ1v) is 5.27. The van der Waals surface area contributed by atoms with Gasteiger partial charge in [-0.1, -0.05) is 11.6 Å². The van der Waals surface area contributed by atoms with Crippen molar-refractivity contribution >= 4 is 23.5 Å². The minimum absolute atomic E-state index is 0.234. The largest absolute Gasteiger partial charge is 0.289 e. The third-order valence-corrected chi connectivity index (χ3v) is 2.20. The highest BCUT2D eigenvalue weighted by atomic mass is 35.5. The minimum Gasteiger partial charge on any atom is -0.289 e. The normalized spacial score (nSPS) is 10.3. The number of amides is 1. The van der Waals surface area contributed by atoms with Crippen molar-refractivity contribution in [3.63, 3.8) is 0 Å². The molecule has 0 aliphatic carbocycles. The SMILES string of the molecule is Cc1cc(C(=O)Nc2n[nH]c(C)n2)cc(Cl)n1. The number of hydrogen-bond donors (Lipinski definition) is 2. The van der Waals surface area contributed by atoms with Crippen molar-refractivity contribution in [1.29, 1.82) is 0 Å². The van der Waals surface area contributed by atoms with Crippen LogP contribution in [0.1, 0.15) is 21.9 Å². The fraction of sp³-hybridized carbons (Fsp3) is 0.200. The number of pyridine rings is 1. The highest BCUT2D eigenvalue weighted by molar-refractivity contribution is 6.29. The number of halogens is 1. The molecule has 0 atom stereocenters. The molecular formula is C10H10ClN5O. The molecule has 17 heavy (non-hydrogen) atoms. The number of aromatic nitrogens is 4. The highest BCUT2D eigenvalue weighted by Gasteiger charge is 2.10. The van der Waals surface area contributed by atoms with Crippen molar-refractivity contribution < 1.29 is 4.79 Å². The lowest BCUT2D eigenvalue weighted by atomic mass is 10.2. The fourth-order valence-corrected chi connectivity index (χ4v) is 1.58. The van der Waals surface area contributed by atoms with Crippen LogP contribution in [0, 0.1) is 13.8 Å². The molecule has 0 saturated carbocycles. The molecule has 0 fully saturated rings. The van der Waals surface area contributed by atoms with Crippen LogP contribution in [0.3, 0.4) is 0 Å². The van der Waals surface area contributed by atoms with Crippen LogP contribution in [0.4, 0.5) is 5.95 Å². The summed E-state index contributed by atoms with van der Waals surface area (Å²) in [5.74, 6) is 0.540. The lowest BCUT2D eigenvalue weighted by Crippen LogP contribution is -2.13. The van der Waals surface area contributed by atoms with E-state index in [0.717, 1.165) is 0 Å². The zero-order valence-corrected chi connectivity index (χ0v) is 10.0. The maximum Gasteiger partial charge on any atom is 0.258 e. The summed E-state index contributed by atoms with van der Waals surface area (Å²) in [6.45, 7) is 3.51. The molecule has 88 valence electrons. The number of anilines is 1. The van der Waals surface area contributed by atoms with E-state index in [2.05, 4.69) is 25.5 Å². The molecule has 2 aromatic heterocycles. The highest BCUT2D eigenvalue weighted by Crippen LogP contribution is 2.11. The second-order valence-electron chi connectivity index (χ2n) is 3.52. The third kappa shape index (κ3) is 2.79. The Morgan fingerprint density at radius 3 is 2.71 bits per heavy atom. The van der Waals surface area contributed by atoms with Crippen molar-refractivity contribution in [3.05, 3.63) is 34.4 Å². The quantitative estimate of drug-likeness (QED) is 0.796. The zero-order valence-electron chi connectivity index (χ0n) is 9.28. The van der Waals surface area contributed by atoms with Gasteiger partial charge in [0, 0.05) is 11.3 Å². The van der Waals surface area contributed by atoms with Gasteiger partial charge in [0.25, 0.3) is 5.91 Å². The Hall–Kier alpha value is -1.95. The summed E-state index contributed by atoms with van der Waals surface area (Å²) in [6, 6.07) is 3.13. The Balaban J connectivity index is 2.19. The molecule has 0 unspecified atom stereocenters. The predicted molar refractivity (Wildman–Crippen MR) is 63.1 cm³/mol. The van der Waals surface area contributed by atoms with Gasteiger partial charge in [-0.05, 0) is 26.0 Å². The van der Waals surface area contributed by atoms with Crippen molar-refractivity contribution in [2.45, 2.75) is 13.8 Å². The van der Waals surface area contributed by atoms with Crippen molar-refractivity contribution in [2.24, 2.45) is 0 Å². The zero-order chi connectivity index (χ0) is 12.4. The molecule has 0 saturated heterocycles. The van der Waals surface area contributed by atoms with Crippen LogP contribution in [0.5, 0.6) is 0 Å². The average Bonchev–Trinajstić information content (AvgIpc) is 2.62. The van der Waals surface area contributed by atoms with Gasteiger partial charge in [0.1, 0.15) is 11.0 Å². The second-order valence-corrected chi connectivity index (χ2v) is 3.91. The molecule has 6 nitrogen and oxygen atoms in total. The van der Waals surface area contributed by atoms with Crippen LogP contribution in [-0.4, -0.2) is 26.1 Å². The molecule has 0 radical (unpaired) electrons. The standard InChI is InChI=1S/C10H10ClN5O/c1-5-3-7(4-8(11)12-5)9(17)14-10-13-6(2)15-16-10/h3-4H,1-2H3,(H2,13,14,15,16,17). The molecule has 2 aromatic rings. The fourth-order valence-electron chi connectivity index (χ4n) is 1.33. The molecule has 1 amide bonds. The summed E-state index contributed by atoms with van der Waals surface area (Å²) in [5.41, 5.74) is 1.10. The Bertz CT molecular complexity index is 545. The van der Waals surface area contributed by atoms with Gasteiger partial charge in [0.05, 0.1) is 0 Å². The van der Waals surface area contributed by atoms with Gasteiger partial charge < -0.3 is 0 Å². The van der Waals surface area contributed by atoms with Crippen LogP contribution in [-0.2, 0) is 0 Å². The van der Waals surface area contributed by atoms with Crippen LogP contribution < -0.4 is 5.32 Å². The number of rotatable bonds is 2. The molecule has 0 aliphatic rings. The molecule has 0 spiro atoms. The number of carbonyl (C=O) groups excluding carboxylic acids is 1. The Kier molecular flexibility index (Phi) is 3.06. The van der Waals surface area contributed by atoms with E-state index in [1.165, 1.54) is 6.07 Å². The molecule has 0 bridgehead atoms. The number of aryl methyl sites for hydroxylation is 2. The average molecular weight is 252 g/mol. The van der Waals surface area contributed by atoms with Crippen molar-refractivity contribution in [2.75, 3.05) is 5.32 Å². The van der Waals surface area contributed by atoms with E-state index < -0.39 is 0 Å². The van der Waals surface area contributed by atoms with Gasteiger partial charge in [-0.25, -0.2) is 4.98 Å². The van der Waals surface area contributed by atoms with Gasteiger partial charge >= 0.3 is 0 Å². The number of hydrogen-bond acceptors (Lipinski definition) is 4. The van der Waals surface area contributed by atoms with Crippen LogP contribution in [0.2, 0.25) is 5.15 Å². The molecule has 2 rings (SSSR count). The van der Waals surface area contributed by atoms with E-state index >= 15 is 0 Å².